The molecule has 3 nitrogen and oxygen atoms in total. The van der Waals surface area contributed by atoms with Crippen molar-refractivity contribution in [2.24, 2.45) is 0 Å². The predicted octanol–water partition coefficient (Wildman–Crippen LogP) is 2.20. The summed E-state index contributed by atoms with van der Waals surface area (Å²) < 4.78 is 0. The number of piperidine rings is 1. The Kier molecular flexibility index (Phi) is 4.51. The Morgan fingerprint density at radius 1 is 1.28 bits per heavy atom. The van der Waals surface area contributed by atoms with E-state index in [1.165, 1.54) is 5.56 Å². The molecule has 1 fully saturated rings. The normalized spacial score (nSPS) is 19.6. The van der Waals surface area contributed by atoms with Crippen LogP contribution in [0.2, 0.25) is 0 Å². The minimum atomic E-state index is -0.181. The van der Waals surface area contributed by atoms with E-state index in [4.69, 9.17) is 0 Å². The quantitative estimate of drug-likeness (QED) is 0.746. The fourth-order valence-corrected chi connectivity index (χ4v) is 2.50. The van der Waals surface area contributed by atoms with E-state index in [9.17, 15) is 9.59 Å². The van der Waals surface area contributed by atoms with E-state index in [1.54, 1.807) is 4.90 Å². The lowest BCUT2D eigenvalue weighted by Crippen LogP contribution is -2.43. The van der Waals surface area contributed by atoms with Gasteiger partial charge in [-0.15, -0.1) is 0 Å². The van der Waals surface area contributed by atoms with Crippen LogP contribution in [0.25, 0.3) is 0 Å². The Labute approximate surface area is 108 Å². The van der Waals surface area contributed by atoms with E-state index in [0.717, 1.165) is 38.6 Å². The van der Waals surface area contributed by atoms with Crippen LogP contribution in [0.3, 0.4) is 0 Å². The minimum absolute atomic E-state index is 0.181. The summed E-state index contributed by atoms with van der Waals surface area (Å²) in [6, 6.07) is 9.83. The molecule has 1 aliphatic rings. The molecule has 1 heterocycles. The Hall–Kier alpha value is -1.64. The zero-order chi connectivity index (χ0) is 12.8. The number of rotatable bonds is 5. The molecule has 96 valence electrons. The Bertz CT molecular complexity index is 402. The average Bonchev–Trinajstić information content (AvgIpc) is 2.45. The number of Topliss-reactive ketones (excluding diaryl/α,β-unsaturated/α-hetero) is 1. The van der Waals surface area contributed by atoms with Crippen LogP contribution in [0.15, 0.2) is 30.3 Å². The molecule has 3 heteroatoms. The third-order valence-electron chi connectivity index (χ3n) is 3.55. The van der Waals surface area contributed by atoms with E-state index in [-0.39, 0.29) is 11.8 Å². The molecule has 1 aromatic rings. The fraction of sp³-hybridized carbons (Fsp3) is 0.467. The van der Waals surface area contributed by atoms with Gasteiger partial charge in [0.15, 0.2) is 5.78 Å². The molecule has 0 aliphatic carbocycles. The first-order chi connectivity index (χ1) is 8.81. The second-order valence-corrected chi connectivity index (χ2v) is 4.81. The largest absolute Gasteiger partial charge is 0.335 e. The van der Waals surface area contributed by atoms with Gasteiger partial charge >= 0.3 is 0 Å². The number of likely N-dealkylation sites (tertiary alicyclic amines) is 1. The molecule has 1 amide bonds. The highest BCUT2D eigenvalue weighted by molar-refractivity contribution is 5.86. The molecule has 1 aliphatic heterocycles. The van der Waals surface area contributed by atoms with E-state index >= 15 is 0 Å². The lowest BCUT2D eigenvalue weighted by Gasteiger charge is -2.31. The topological polar surface area (TPSA) is 37.4 Å². The molecule has 2 rings (SSSR count). The predicted molar refractivity (Wildman–Crippen MR) is 70.2 cm³/mol. The third kappa shape index (κ3) is 3.19. The third-order valence-corrected chi connectivity index (χ3v) is 3.55. The fourth-order valence-electron chi connectivity index (χ4n) is 2.50. The molecule has 1 atom stereocenters. The molecule has 0 aromatic heterocycles. The Morgan fingerprint density at radius 3 is 2.78 bits per heavy atom. The minimum Gasteiger partial charge on any atom is -0.335 e. The van der Waals surface area contributed by atoms with Crippen LogP contribution in [-0.2, 0) is 16.0 Å². The summed E-state index contributed by atoms with van der Waals surface area (Å²) in [7, 11) is 0. The molecule has 0 spiro atoms. The number of carbonyl (C=O) groups is 2. The van der Waals surface area contributed by atoms with Crippen LogP contribution in [0.4, 0.5) is 0 Å². The first-order valence-corrected chi connectivity index (χ1v) is 6.59. The number of amides is 1. The zero-order valence-electron chi connectivity index (χ0n) is 10.5. The summed E-state index contributed by atoms with van der Waals surface area (Å²) in [6.45, 7) is 0.727. The number of hydrogen-bond donors (Lipinski definition) is 0. The highest BCUT2D eigenvalue weighted by atomic mass is 16.1. The van der Waals surface area contributed by atoms with Crippen molar-refractivity contribution in [3.05, 3.63) is 35.9 Å². The van der Waals surface area contributed by atoms with Crippen molar-refractivity contribution in [3.63, 3.8) is 0 Å². The zero-order valence-corrected chi connectivity index (χ0v) is 10.5. The van der Waals surface area contributed by atoms with E-state index in [0.29, 0.717) is 6.42 Å². The van der Waals surface area contributed by atoms with Gasteiger partial charge in [0.25, 0.3) is 0 Å². The standard InChI is InChI=1S/C15H19NO2/c17-12-16-11-5-4-8-14(16)15(18)10-9-13-6-2-1-3-7-13/h1-3,6-7,12,14H,4-5,8-11H2/t14-/m0/s1. The highest BCUT2D eigenvalue weighted by Crippen LogP contribution is 2.18. The second kappa shape index (κ2) is 6.34. The molecule has 1 aromatic carbocycles. The van der Waals surface area contributed by atoms with Gasteiger partial charge < -0.3 is 4.90 Å². The van der Waals surface area contributed by atoms with Crippen molar-refractivity contribution in [1.29, 1.82) is 0 Å². The van der Waals surface area contributed by atoms with Crippen LogP contribution < -0.4 is 0 Å². The lowest BCUT2D eigenvalue weighted by molar-refractivity contribution is -0.133. The van der Waals surface area contributed by atoms with Gasteiger partial charge in [-0.2, -0.15) is 0 Å². The van der Waals surface area contributed by atoms with Crippen molar-refractivity contribution in [2.75, 3.05) is 6.54 Å². The molecular weight excluding hydrogens is 226 g/mol. The highest BCUT2D eigenvalue weighted by Gasteiger charge is 2.26. The summed E-state index contributed by atoms with van der Waals surface area (Å²) in [4.78, 5) is 24.7. The van der Waals surface area contributed by atoms with Gasteiger partial charge in [-0.1, -0.05) is 30.3 Å². The SMILES string of the molecule is O=CN1CCCC[C@H]1C(=O)CCc1ccccc1. The first-order valence-electron chi connectivity index (χ1n) is 6.59. The van der Waals surface area contributed by atoms with Gasteiger partial charge in [-0.3, -0.25) is 9.59 Å². The van der Waals surface area contributed by atoms with Crippen LogP contribution in [0, 0.1) is 0 Å². The summed E-state index contributed by atoms with van der Waals surface area (Å²) in [6.07, 6.45) is 5.01. The van der Waals surface area contributed by atoms with E-state index < -0.39 is 0 Å². The summed E-state index contributed by atoms with van der Waals surface area (Å²) >= 11 is 0. The maximum Gasteiger partial charge on any atom is 0.210 e. The molecular formula is C15H19NO2. The number of ketones is 1. The average molecular weight is 245 g/mol. The Morgan fingerprint density at radius 2 is 2.06 bits per heavy atom. The van der Waals surface area contributed by atoms with Crippen LogP contribution >= 0.6 is 0 Å². The van der Waals surface area contributed by atoms with Gasteiger partial charge in [0.05, 0.1) is 6.04 Å². The molecule has 0 bridgehead atoms. The van der Waals surface area contributed by atoms with Crippen LogP contribution in [0.1, 0.15) is 31.2 Å². The molecule has 0 radical (unpaired) electrons. The van der Waals surface area contributed by atoms with E-state index in [1.807, 2.05) is 30.3 Å². The number of hydrogen-bond acceptors (Lipinski definition) is 2. The smallest absolute Gasteiger partial charge is 0.210 e. The Balaban J connectivity index is 1.89. The molecule has 0 saturated carbocycles. The van der Waals surface area contributed by atoms with Crippen molar-refractivity contribution < 1.29 is 9.59 Å². The van der Waals surface area contributed by atoms with Crippen LogP contribution in [0.5, 0.6) is 0 Å². The van der Waals surface area contributed by atoms with Crippen LogP contribution in [-0.4, -0.2) is 29.7 Å². The number of aryl methyl sites for hydroxylation is 1. The molecule has 18 heavy (non-hydrogen) atoms. The van der Waals surface area contributed by atoms with Crippen molar-refractivity contribution in [3.8, 4) is 0 Å². The molecule has 0 N–H and O–H groups in total. The maximum absolute atomic E-state index is 12.1. The van der Waals surface area contributed by atoms with Gasteiger partial charge in [0.1, 0.15) is 0 Å². The molecule has 0 unspecified atom stereocenters. The monoisotopic (exact) mass is 245 g/mol. The van der Waals surface area contributed by atoms with Gasteiger partial charge in [-0.25, -0.2) is 0 Å². The number of nitrogens with zero attached hydrogens (tertiary/aromatic N) is 1. The summed E-state index contributed by atoms with van der Waals surface area (Å²) in [5.74, 6) is 0.200. The van der Waals surface area contributed by atoms with Gasteiger partial charge in [0.2, 0.25) is 6.41 Å². The first kappa shape index (κ1) is 12.8. The number of carbonyl (C=O) groups excluding carboxylic acids is 2. The van der Waals surface area contributed by atoms with Crippen molar-refractivity contribution in [2.45, 2.75) is 38.1 Å². The van der Waals surface area contributed by atoms with Gasteiger partial charge in [-0.05, 0) is 31.2 Å². The maximum atomic E-state index is 12.1. The second-order valence-electron chi connectivity index (χ2n) is 4.81. The number of benzene rings is 1. The van der Waals surface area contributed by atoms with Crippen molar-refractivity contribution >= 4 is 12.2 Å². The van der Waals surface area contributed by atoms with Gasteiger partial charge in [0, 0.05) is 13.0 Å². The molecule has 1 saturated heterocycles. The van der Waals surface area contributed by atoms with E-state index in [2.05, 4.69) is 0 Å². The lowest BCUT2D eigenvalue weighted by atomic mass is 9.95. The summed E-state index contributed by atoms with van der Waals surface area (Å²) in [5, 5.41) is 0. The summed E-state index contributed by atoms with van der Waals surface area (Å²) in [5.41, 5.74) is 1.18. The van der Waals surface area contributed by atoms with Crippen molar-refractivity contribution in [1.82, 2.24) is 4.90 Å².